The van der Waals surface area contributed by atoms with Gasteiger partial charge in [0.2, 0.25) is 17.7 Å². The minimum atomic E-state index is -0.615. The van der Waals surface area contributed by atoms with Gasteiger partial charge in [0.25, 0.3) is 5.91 Å². The molecule has 2 heterocycles. The lowest BCUT2D eigenvalue weighted by Crippen LogP contribution is -2.56. The molecule has 1 aliphatic carbocycles. The van der Waals surface area contributed by atoms with Crippen molar-refractivity contribution in [3.05, 3.63) is 28.8 Å². The molecule has 9 nitrogen and oxygen atoms in total. The standard InChI is InChI=1S/C27H37ClN4O5/c28-20-11-12-22-19(15-20)16-30-26(35)21-9-6-14-32(21)27(36)25(18-7-2-1-3-8-18)31-23(33)10-4-5-13-29-24(34)17-37-22/h11-12,15,18,21,25H,1-10,13-14,16-17H2,(H,29,34)(H,30,35)(H,31,33)/t21-,25?/m0/s1. The van der Waals surface area contributed by atoms with Gasteiger partial charge in [-0.15, -0.1) is 0 Å². The van der Waals surface area contributed by atoms with E-state index in [1.807, 2.05) is 0 Å². The van der Waals surface area contributed by atoms with Gasteiger partial charge in [-0.1, -0.05) is 30.9 Å². The topological polar surface area (TPSA) is 117 Å². The van der Waals surface area contributed by atoms with Crippen LogP contribution >= 0.6 is 11.6 Å². The first-order chi connectivity index (χ1) is 17.9. The number of nitrogens with one attached hydrogen (secondary N) is 3. The lowest BCUT2D eigenvalue weighted by atomic mass is 9.83. The highest BCUT2D eigenvalue weighted by Gasteiger charge is 2.40. The summed E-state index contributed by atoms with van der Waals surface area (Å²) in [6, 6.07) is 3.84. The van der Waals surface area contributed by atoms with Gasteiger partial charge in [-0.25, -0.2) is 0 Å². The van der Waals surface area contributed by atoms with Crippen LogP contribution in [0.1, 0.15) is 69.8 Å². The normalized spacial score (nSPS) is 25.4. The van der Waals surface area contributed by atoms with E-state index in [1.165, 1.54) is 0 Å². The zero-order valence-electron chi connectivity index (χ0n) is 21.2. The van der Waals surface area contributed by atoms with Gasteiger partial charge in [0.05, 0.1) is 0 Å². The van der Waals surface area contributed by atoms with E-state index in [9.17, 15) is 19.2 Å². The van der Waals surface area contributed by atoms with Crippen molar-refractivity contribution in [1.29, 1.82) is 0 Å². The molecule has 2 atom stereocenters. The van der Waals surface area contributed by atoms with Crippen LogP contribution in [0.3, 0.4) is 0 Å². The van der Waals surface area contributed by atoms with Crippen molar-refractivity contribution in [2.45, 2.75) is 82.8 Å². The van der Waals surface area contributed by atoms with Crippen LogP contribution in [0.5, 0.6) is 5.75 Å². The fraction of sp³-hybridized carbons (Fsp3) is 0.630. The highest BCUT2D eigenvalue weighted by molar-refractivity contribution is 6.30. The second kappa shape index (κ2) is 13.1. The maximum absolute atomic E-state index is 13.8. The van der Waals surface area contributed by atoms with Crippen LogP contribution in [0.25, 0.3) is 0 Å². The van der Waals surface area contributed by atoms with Crippen molar-refractivity contribution in [3.8, 4) is 5.75 Å². The van der Waals surface area contributed by atoms with Crippen LogP contribution in [-0.2, 0) is 25.7 Å². The summed E-state index contributed by atoms with van der Waals surface area (Å²) in [7, 11) is 0. The van der Waals surface area contributed by atoms with Gasteiger partial charge < -0.3 is 25.6 Å². The van der Waals surface area contributed by atoms with Crippen LogP contribution in [0, 0.1) is 5.92 Å². The molecule has 4 rings (SSSR count). The predicted molar refractivity (Wildman–Crippen MR) is 139 cm³/mol. The van der Waals surface area contributed by atoms with Crippen molar-refractivity contribution < 1.29 is 23.9 Å². The Bertz CT molecular complexity index is 997. The molecular formula is C27H37ClN4O5. The number of benzene rings is 1. The van der Waals surface area contributed by atoms with Crippen LogP contribution in [0.2, 0.25) is 5.02 Å². The minimum Gasteiger partial charge on any atom is -0.483 e. The third-order valence-electron chi connectivity index (χ3n) is 7.53. The van der Waals surface area contributed by atoms with Gasteiger partial charge in [0.15, 0.2) is 6.61 Å². The molecule has 10 heteroatoms. The SMILES string of the molecule is O=C1COc2ccc(Cl)cc2CNC(=O)[C@@H]2CCCN2C(=O)C(C2CCCCC2)NC(=O)CCCCN1. The number of halogens is 1. The number of carbonyl (C=O) groups is 4. The number of ether oxygens (including phenoxy) is 1. The molecule has 3 aliphatic rings. The van der Waals surface area contributed by atoms with Gasteiger partial charge in [0.1, 0.15) is 17.8 Å². The number of hydrogen-bond acceptors (Lipinski definition) is 5. The van der Waals surface area contributed by atoms with Crippen LogP contribution in [-0.4, -0.2) is 60.3 Å². The molecule has 1 saturated heterocycles. The molecule has 1 aromatic carbocycles. The Balaban J connectivity index is 1.55. The average Bonchev–Trinajstić information content (AvgIpc) is 3.39. The van der Waals surface area contributed by atoms with Gasteiger partial charge in [-0.2, -0.15) is 0 Å². The Morgan fingerprint density at radius 3 is 2.51 bits per heavy atom. The maximum Gasteiger partial charge on any atom is 0.257 e. The zero-order valence-corrected chi connectivity index (χ0v) is 22.0. The van der Waals surface area contributed by atoms with Crippen LogP contribution in [0.15, 0.2) is 18.2 Å². The van der Waals surface area contributed by atoms with Gasteiger partial charge in [-0.3, -0.25) is 19.2 Å². The third kappa shape index (κ3) is 7.37. The summed E-state index contributed by atoms with van der Waals surface area (Å²) in [6.45, 7) is 0.906. The maximum atomic E-state index is 13.8. The van der Waals surface area contributed by atoms with Crippen molar-refractivity contribution in [3.63, 3.8) is 0 Å². The molecule has 2 aliphatic heterocycles. The molecule has 4 amide bonds. The summed E-state index contributed by atoms with van der Waals surface area (Å²) in [4.78, 5) is 53.7. The molecule has 3 N–H and O–H groups in total. The Hall–Kier alpha value is -2.81. The van der Waals surface area contributed by atoms with E-state index in [4.69, 9.17) is 16.3 Å². The van der Waals surface area contributed by atoms with Gasteiger partial charge in [-0.05, 0) is 62.6 Å². The smallest absolute Gasteiger partial charge is 0.257 e. The monoisotopic (exact) mass is 532 g/mol. The second-order valence-corrected chi connectivity index (χ2v) is 10.6. The molecule has 37 heavy (non-hydrogen) atoms. The van der Waals surface area contributed by atoms with E-state index >= 15 is 0 Å². The first-order valence-electron chi connectivity index (χ1n) is 13.5. The molecule has 0 bridgehead atoms. The number of hydrogen-bond donors (Lipinski definition) is 3. The minimum absolute atomic E-state index is 0.0778. The summed E-state index contributed by atoms with van der Waals surface area (Å²) >= 11 is 6.18. The molecule has 2 fully saturated rings. The van der Waals surface area contributed by atoms with Gasteiger partial charge in [0, 0.05) is 36.6 Å². The zero-order chi connectivity index (χ0) is 26.2. The summed E-state index contributed by atoms with van der Waals surface area (Å²) in [5.41, 5.74) is 0.648. The largest absolute Gasteiger partial charge is 0.483 e. The van der Waals surface area contributed by atoms with E-state index in [0.29, 0.717) is 48.7 Å². The third-order valence-corrected chi connectivity index (χ3v) is 7.76. The Morgan fingerprint density at radius 1 is 0.892 bits per heavy atom. The summed E-state index contributed by atoms with van der Waals surface area (Å²) in [6.07, 6.45) is 7.82. The molecule has 0 radical (unpaired) electrons. The molecule has 0 aromatic heterocycles. The lowest BCUT2D eigenvalue weighted by molar-refractivity contribution is -0.143. The molecule has 1 aromatic rings. The van der Waals surface area contributed by atoms with Gasteiger partial charge >= 0.3 is 0 Å². The number of carbonyl (C=O) groups excluding carboxylic acids is 4. The average molecular weight is 533 g/mol. The molecule has 1 unspecified atom stereocenters. The van der Waals surface area contributed by atoms with Crippen molar-refractivity contribution in [2.24, 2.45) is 5.92 Å². The number of rotatable bonds is 1. The summed E-state index contributed by atoms with van der Waals surface area (Å²) in [5, 5.41) is 9.24. The predicted octanol–water partition coefficient (Wildman–Crippen LogP) is 2.69. The highest BCUT2D eigenvalue weighted by Crippen LogP contribution is 2.30. The summed E-state index contributed by atoms with van der Waals surface area (Å²) in [5.74, 6) is -0.296. The number of nitrogens with zero attached hydrogens (tertiary/aromatic N) is 1. The first kappa shape index (κ1) is 27.2. The Labute approximate surface area is 223 Å². The quantitative estimate of drug-likeness (QED) is 0.514. The van der Waals surface area contributed by atoms with Crippen molar-refractivity contribution >= 4 is 35.2 Å². The fourth-order valence-corrected chi connectivity index (χ4v) is 5.73. The molecule has 0 spiro atoms. The van der Waals surface area contributed by atoms with E-state index in [2.05, 4.69) is 16.0 Å². The number of fused-ring (bicyclic) bond motifs is 2. The Kier molecular flexibility index (Phi) is 9.66. The Morgan fingerprint density at radius 2 is 1.70 bits per heavy atom. The van der Waals surface area contributed by atoms with E-state index in [-0.39, 0.29) is 49.1 Å². The second-order valence-electron chi connectivity index (χ2n) is 10.2. The van der Waals surface area contributed by atoms with Crippen molar-refractivity contribution in [1.82, 2.24) is 20.9 Å². The van der Waals surface area contributed by atoms with Crippen LogP contribution in [0.4, 0.5) is 0 Å². The van der Waals surface area contributed by atoms with E-state index in [0.717, 1.165) is 38.5 Å². The summed E-state index contributed by atoms with van der Waals surface area (Å²) < 4.78 is 5.71. The number of amides is 4. The molecule has 202 valence electrons. The van der Waals surface area contributed by atoms with E-state index in [1.54, 1.807) is 23.1 Å². The van der Waals surface area contributed by atoms with Crippen LogP contribution < -0.4 is 20.7 Å². The van der Waals surface area contributed by atoms with E-state index < -0.39 is 12.1 Å². The lowest BCUT2D eigenvalue weighted by Gasteiger charge is -2.34. The fourth-order valence-electron chi connectivity index (χ4n) is 5.54. The molecule has 1 saturated carbocycles. The first-order valence-corrected chi connectivity index (χ1v) is 13.9. The molecular weight excluding hydrogens is 496 g/mol. The highest BCUT2D eigenvalue weighted by atomic mass is 35.5. The van der Waals surface area contributed by atoms with Crippen molar-refractivity contribution in [2.75, 3.05) is 19.7 Å².